The van der Waals surface area contributed by atoms with Gasteiger partial charge >= 0.3 is 0 Å². The first-order chi connectivity index (χ1) is 6.18. The number of rotatable bonds is 1. The first kappa shape index (κ1) is 8.41. The molecule has 0 aromatic carbocycles. The molecule has 0 spiro atoms. The number of aryl methyl sites for hydroxylation is 1. The molecule has 0 radical (unpaired) electrons. The van der Waals surface area contributed by atoms with E-state index in [1.54, 1.807) is 0 Å². The van der Waals surface area contributed by atoms with Crippen molar-refractivity contribution in [2.24, 2.45) is 0 Å². The fourth-order valence-electron chi connectivity index (χ4n) is 1.44. The van der Waals surface area contributed by atoms with Crippen LogP contribution in [0, 0.1) is 13.8 Å². The molecule has 1 aliphatic rings. The van der Waals surface area contributed by atoms with Gasteiger partial charge in [-0.2, -0.15) is 0 Å². The van der Waals surface area contributed by atoms with Crippen molar-refractivity contribution >= 4 is 5.82 Å². The maximum Gasteiger partial charge on any atom is 0.135 e. The number of anilines is 1. The predicted molar refractivity (Wildman–Crippen MR) is 48.6 cm³/mol. The summed E-state index contributed by atoms with van der Waals surface area (Å²) < 4.78 is 12.6. The Morgan fingerprint density at radius 1 is 1.38 bits per heavy atom. The summed E-state index contributed by atoms with van der Waals surface area (Å²) >= 11 is 0. The number of aromatic nitrogens is 2. The second-order valence-corrected chi connectivity index (χ2v) is 3.41. The molecule has 4 heteroatoms. The molecular weight excluding hydrogens is 169 g/mol. The summed E-state index contributed by atoms with van der Waals surface area (Å²) in [7, 11) is 0. The number of hydrogen-bond donors (Lipinski definition) is 0. The van der Waals surface area contributed by atoms with Crippen molar-refractivity contribution in [3.63, 3.8) is 0 Å². The first-order valence-electron chi connectivity index (χ1n) is 4.35. The summed E-state index contributed by atoms with van der Waals surface area (Å²) in [6.07, 6.45) is 0.845. The van der Waals surface area contributed by atoms with E-state index in [-0.39, 0.29) is 0 Å². The van der Waals surface area contributed by atoms with Gasteiger partial charge in [-0.3, -0.25) is 0 Å². The second kappa shape index (κ2) is 2.94. The molecule has 3 nitrogen and oxygen atoms in total. The number of alkyl halides is 1. The van der Waals surface area contributed by atoms with Gasteiger partial charge in [0.2, 0.25) is 0 Å². The van der Waals surface area contributed by atoms with Crippen LogP contribution in [0.25, 0.3) is 0 Å². The molecule has 2 rings (SSSR count). The van der Waals surface area contributed by atoms with E-state index in [2.05, 4.69) is 9.97 Å². The fourth-order valence-corrected chi connectivity index (χ4v) is 1.44. The van der Waals surface area contributed by atoms with Crippen LogP contribution in [0.2, 0.25) is 0 Å². The Morgan fingerprint density at radius 2 is 2.08 bits per heavy atom. The van der Waals surface area contributed by atoms with Gasteiger partial charge in [-0.15, -0.1) is 0 Å². The van der Waals surface area contributed by atoms with Gasteiger partial charge in [0.05, 0.1) is 13.1 Å². The molecule has 13 heavy (non-hydrogen) atoms. The maximum atomic E-state index is 12.6. The minimum atomic E-state index is -0.685. The van der Waals surface area contributed by atoms with E-state index in [1.807, 2.05) is 18.7 Å². The summed E-state index contributed by atoms with van der Waals surface area (Å²) in [6, 6.07) is 0. The molecule has 1 aliphatic heterocycles. The normalized spacial score (nSPS) is 17.3. The predicted octanol–water partition coefficient (Wildman–Crippen LogP) is 1.25. The van der Waals surface area contributed by atoms with Gasteiger partial charge in [-0.1, -0.05) is 0 Å². The van der Waals surface area contributed by atoms with Crippen LogP contribution in [0.15, 0.2) is 6.33 Å². The maximum absolute atomic E-state index is 12.6. The molecule has 2 heterocycles. The van der Waals surface area contributed by atoms with E-state index < -0.39 is 6.17 Å². The summed E-state index contributed by atoms with van der Waals surface area (Å²) in [6.45, 7) is 4.85. The van der Waals surface area contributed by atoms with Crippen molar-refractivity contribution in [2.45, 2.75) is 20.0 Å². The van der Waals surface area contributed by atoms with Crippen LogP contribution < -0.4 is 4.90 Å². The highest BCUT2D eigenvalue weighted by molar-refractivity contribution is 5.49. The standard InChI is InChI=1S/C9H12FN3/c1-6-7(2)11-5-12-9(6)13-3-8(10)4-13/h5,8H,3-4H2,1-2H3. The van der Waals surface area contributed by atoms with Crippen LogP contribution in [0.3, 0.4) is 0 Å². The van der Waals surface area contributed by atoms with Crippen LogP contribution in [0.1, 0.15) is 11.3 Å². The molecule has 0 unspecified atom stereocenters. The van der Waals surface area contributed by atoms with E-state index in [1.165, 1.54) is 6.33 Å². The molecule has 0 aliphatic carbocycles. The summed E-state index contributed by atoms with van der Waals surface area (Å²) in [5.74, 6) is 0.876. The van der Waals surface area contributed by atoms with E-state index in [4.69, 9.17) is 0 Å². The van der Waals surface area contributed by atoms with Gasteiger partial charge in [0.25, 0.3) is 0 Å². The largest absolute Gasteiger partial charge is 0.350 e. The van der Waals surface area contributed by atoms with Gasteiger partial charge in [-0.25, -0.2) is 14.4 Å². The highest BCUT2D eigenvalue weighted by Crippen LogP contribution is 2.24. The fraction of sp³-hybridized carbons (Fsp3) is 0.556. The van der Waals surface area contributed by atoms with Gasteiger partial charge < -0.3 is 4.90 Å². The highest BCUT2D eigenvalue weighted by atomic mass is 19.1. The molecule has 70 valence electrons. The zero-order chi connectivity index (χ0) is 9.42. The Labute approximate surface area is 76.6 Å². The minimum absolute atomic E-state index is 0.470. The zero-order valence-corrected chi connectivity index (χ0v) is 7.79. The number of hydrogen-bond acceptors (Lipinski definition) is 3. The Morgan fingerprint density at radius 3 is 2.69 bits per heavy atom. The molecule has 0 atom stereocenters. The molecule has 0 bridgehead atoms. The monoisotopic (exact) mass is 181 g/mol. The van der Waals surface area contributed by atoms with Crippen LogP contribution in [-0.4, -0.2) is 29.2 Å². The SMILES string of the molecule is Cc1ncnc(N2CC(F)C2)c1C. The third-order valence-electron chi connectivity index (χ3n) is 2.45. The average Bonchev–Trinajstić information content (AvgIpc) is 2.05. The van der Waals surface area contributed by atoms with Gasteiger partial charge in [0, 0.05) is 11.3 Å². The van der Waals surface area contributed by atoms with E-state index in [0.717, 1.165) is 17.1 Å². The second-order valence-electron chi connectivity index (χ2n) is 3.41. The van der Waals surface area contributed by atoms with Crippen LogP contribution in [0.5, 0.6) is 0 Å². The molecule has 0 amide bonds. The Kier molecular flexibility index (Phi) is 1.90. The van der Waals surface area contributed by atoms with E-state index >= 15 is 0 Å². The quantitative estimate of drug-likeness (QED) is 0.653. The van der Waals surface area contributed by atoms with E-state index in [0.29, 0.717) is 13.1 Å². The van der Waals surface area contributed by atoms with Crippen LogP contribution >= 0.6 is 0 Å². The van der Waals surface area contributed by atoms with Crippen molar-refractivity contribution in [3.05, 3.63) is 17.6 Å². The molecule has 1 fully saturated rings. The average molecular weight is 181 g/mol. The third kappa shape index (κ3) is 1.36. The lowest BCUT2D eigenvalue weighted by Crippen LogP contribution is -2.49. The molecule has 1 aromatic rings. The molecule has 1 aromatic heterocycles. The molecule has 0 saturated carbocycles. The number of nitrogens with zero attached hydrogens (tertiary/aromatic N) is 3. The van der Waals surface area contributed by atoms with Gasteiger partial charge in [-0.05, 0) is 13.8 Å². The van der Waals surface area contributed by atoms with Crippen molar-refractivity contribution in [2.75, 3.05) is 18.0 Å². The van der Waals surface area contributed by atoms with Crippen molar-refractivity contribution < 1.29 is 4.39 Å². The van der Waals surface area contributed by atoms with E-state index in [9.17, 15) is 4.39 Å². The summed E-state index contributed by atoms with van der Waals surface area (Å²) in [5, 5.41) is 0. The van der Waals surface area contributed by atoms with Gasteiger partial charge in [0.1, 0.15) is 18.3 Å². The van der Waals surface area contributed by atoms with Crippen molar-refractivity contribution in [1.29, 1.82) is 0 Å². The lowest BCUT2D eigenvalue weighted by atomic mass is 10.1. The lowest BCUT2D eigenvalue weighted by Gasteiger charge is -2.36. The first-order valence-corrected chi connectivity index (χ1v) is 4.35. The lowest BCUT2D eigenvalue weighted by molar-refractivity contribution is 0.273. The minimum Gasteiger partial charge on any atom is -0.350 e. The number of halogens is 1. The van der Waals surface area contributed by atoms with Crippen molar-refractivity contribution in [1.82, 2.24) is 9.97 Å². The highest BCUT2D eigenvalue weighted by Gasteiger charge is 2.28. The van der Waals surface area contributed by atoms with Gasteiger partial charge in [0.15, 0.2) is 0 Å². The Balaban J connectivity index is 2.26. The smallest absolute Gasteiger partial charge is 0.135 e. The topological polar surface area (TPSA) is 29.0 Å². The Bertz CT molecular complexity index is 321. The molecular formula is C9H12FN3. The van der Waals surface area contributed by atoms with Crippen LogP contribution in [0.4, 0.5) is 10.2 Å². The molecule has 1 saturated heterocycles. The molecule has 0 N–H and O–H groups in total. The summed E-state index contributed by atoms with van der Waals surface area (Å²) in [5.41, 5.74) is 2.02. The zero-order valence-electron chi connectivity index (χ0n) is 7.79. The van der Waals surface area contributed by atoms with Crippen molar-refractivity contribution in [3.8, 4) is 0 Å². The third-order valence-corrected chi connectivity index (χ3v) is 2.45. The summed E-state index contributed by atoms with van der Waals surface area (Å²) in [4.78, 5) is 10.2. The van der Waals surface area contributed by atoms with Crippen LogP contribution in [-0.2, 0) is 0 Å². The Hall–Kier alpha value is -1.19.